The molecule has 0 amide bonds. The third-order valence-corrected chi connectivity index (χ3v) is 2.36. The highest BCUT2D eigenvalue weighted by molar-refractivity contribution is 5.70. The van der Waals surface area contributed by atoms with Gasteiger partial charge in [-0.3, -0.25) is 4.79 Å². The molecule has 1 aliphatic heterocycles. The van der Waals surface area contributed by atoms with E-state index in [1.165, 1.54) is 0 Å². The molecule has 3 heteroatoms. The summed E-state index contributed by atoms with van der Waals surface area (Å²) in [6, 6.07) is 7.87. The van der Waals surface area contributed by atoms with Crippen molar-refractivity contribution < 1.29 is 9.90 Å². The second-order valence-electron chi connectivity index (χ2n) is 3.26. The van der Waals surface area contributed by atoms with Gasteiger partial charge in [0.15, 0.2) is 0 Å². The van der Waals surface area contributed by atoms with E-state index in [1.54, 1.807) is 0 Å². The van der Waals surface area contributed by atoms with Crippen molar-refractivity contribution in [3.63, 3.8) is 0 Å². The Kier molecular flexibility index (Phi) is 1.93. The van der Waals surface area contributed by atoms with Gasteiger partial charge in [0, 0.05) is 18.2 Å². The number of hydrogen-bond donors (Lipinski definition) is 2. The van der Waals surface area contributed by atoms with Gasteiger partial charge in [-0.05, 0) is 11.6 Å². The van der Waals surface area contributed by atoms with Crippen molar-refractivity contribution in [1.82, 2.24) is 0 Å². The van der Waals surface area contributed by atoms with Crippen LogP contribution in [-0.2, 0) is 4.79 Å². The molecule has 0 saturated heterocycles. The third-order valence-electron chi connectivity index (χ3n) is 2.36. The lowest BCUT2D eigenvalue weighted by atomic mass is 9.98. The largest absolute Gasteiger partial charge is 0.481 e. The first-order chi connectivity index (χ1) is 6.27. The monoisotopic (exact) mass is 177 g/mol. The van der Waals surface area contributed by atoms with Crippen molar-refractivity contribution >= 4 is 11.7 Å². The molecule has 68 valence electrons. The first kappa shape index (κ1) is 8.10. The molecule has 0 saturated carbocycles. The molecule has 0 fully saturated rings. The number of carboxylic acid groups (broad SMARTS) is 1. The Hall–Kier alpha value is -1.51. The van der Waals surface area contributed by atoms with Crippen LogP contribution in [0.25, 0.3) is 0 Å². The average Bonchev–Trinajstić information content (AvgIpc) is 2.48. The van der Waals surface area contributed by atoms with E-state index in [-0.39, 0.29) is 12.3 Å². The number of carboxylic acids is 1. The summed E-state index contributed by atoms with van der Waals surface area (Å²) in [5.74, 6) is -0.600. The Balaban J connectivity index is 2.23. The van der Waals surface area contributed by atoms with E-state index in [9.17, 15) is 4.79 Å². The summed E-state index contributed by atoms with van der Waals surface area (Å²) in [6.07, 6.45) is 0.212. The zero-order valence-corrected chi connectivity index (χ0v) is 7.16. The van der Waals surface area contributed by atoms with Crippen LogP contribution in [0.4, 0.5) is 5.69 Å². The fourth-order valence-electron chi connectivity index (χ4n) is 1.75. The van der Waals surface area contributed by atoms with Gasteiger partial charge < -0.3 is 10.4 Å². The highest BCUT2D eigenvalue weighted by Gasteiger charge is 2.23. The Bertz CT molecular complexity index is 335. The molecule has 1 atom stereocenters. The van der Waals surface area contributed by atoms with Crippen molar-refractivity contribution in [2.45, 2.75) is 12.3 Å². The normalized spacial score (nSPS) is 19.2. The van der Waals surface area contributed by atoms with Crippen LogP contribution in [0.1, 0.15) is 17.9 Å². The Morgan fingerprint density at radius 3 is 3.08 bits per heavy atom. The van der Waals surface area contributed by atoms with Crippen LogP contribution in [0.5, 0.6) is 0 Å². The van der Waals surface area contributed by atoms with E-state index in [0.717, 1.165) is 17.8 Å². The van der Waals surface area contributed by atoms with Gasteiger partial charge in [0.1, 0.15) is 0 Å². The molecule has 1 aliphatic rings. The molecule has 1 aromatic rings. The minimum atomic E-state index is -0.733. The van der Waals surface area contributed by atoms with Gasteiger partial charge in [-0.2, -0.15) is 0 Å². The van der Waals surface area contributed by atoms with Crippen molar-refractivity contribution in [2.75, 3.05) is 11.9 Å². The van der Waals surface area contributed by atoms with E-state index in [1.807, 2.05) is 24.3 Å². The van der Waals surface area contributed by atoms with Crippen LogP contribution >= 0.6 is 0 Å². The van der Waals surface area contributed by atoms with Gasteiger partial charge in [-0.15, -0.1) is 0 Å². The molecule has 13 heavy (non-hydrogen) atoms. The topological polar surface area (TPSA) is 49.3 Å². The molecule has 2 rings (SSSR count). The van der Waals surface area contributed by atoms with Gasteiger partial charge in [0.05, 0.1) is 6.42 Å². The van der Waals surface area contributed by atoms with E-state index >= 15 is 0 Å². The number of hydrogen-bond acceptors (Lipinski definition) is 2. The molecule has 1 heterocycles. The molecule has 0 spiro atoms. The smallest absolute Gasteiger partial charge is 0.304 e. The highest BCUT2D eigenvalue weighted by atomic mass is 16.4. The molecule has 3 nitrogen and oxygen atoms in total. The van der Waals surface area contributed by atoms with Gasteiger partial charge in [-0.25, -0.2) is 0 Å². The van der Waals surface area contributed by atoms with Crippen LogP contribution in [-0.4, -0.2) is 17.6 Å². The molecule has 0 aromatic heterocycles. The van der Waals surface area contributed by atoms with Crippen LogP contribution < -0.4 is 5.32 Å². The summed E-state index contributed by atoms with van der Waals surface area (Å²) in [5.41, 5.74) is 2.21. The number of benzene rings is 1. The minimum absolute atomic E-state index is 0.133. The maximum atomic E-state index is 10.5. The minimum Gasteiger partial charge on any atom is -0.481 e. The summed E-state index contributed by atoms with van der Waals surface area (Å²) in [6.45, 7) is 0.742. The van der Waals surface area contributed by atoms with E-state index in [2.05, 4.69) is 5.32 Å². The number of anilines is 1. The van der Waals surface area contributed by atoms with Crippen molar-refractivity contribution in [1.29, 1.82) is 0 Å². The van der Waals surface area contributed by atoms with E-state index in [0.29, 0.717) is 0 Å². The lowest BCUT2D eigenvalue weighted by molar-refractivity contribution is -0.137. The van der Waals surface area contributed by atoms with Crippen LogP contribution in [0.15, 0.2) is 24.3 Å². The SMILES string of the molecule is O=C(O)C[C@H]1CNc2ccccc21. The Morgan fingerprint density at radius 1 is 1.54 bits per heavy atom. The van der Waals surface area contributed by atoms with Crippen LogP contribution in [0.3, 0.4) is 0 Å². The molecule has 1 aromatic carbocycles. The number of nitrogens with one attached hydrogen (secondary N) is 1. The first-order valence-electron chi connectivity index (χ1n) is 4.32. The van der Waals surface area contributed by atoms with Gasteiger partial charge in [0.25, 0.3) is 0 Å². The number of carbonyl (C=O) groups is 1. The predicted octanol–water partition coefficient (Wildman–Crippen LogP) is 1.67. The summed E-state index contributed by atoms with van der Waals surface area (Å²) in [5, 5.41) is 11.9. The standard InChI is InChI=1S/C10H11NO2/c12-10(13)5-7-6-11-9-4-2-1-3-8(7)9/h1-4,7,11H,5-6H2,(H,12,13)/t7-/m0/s1. The Morgan fingerprint density at radius 2 is 2.31 bits per heavy atom. The van der Waals surface area contributed by atoms with Crippen molar-refractivity contribution in [3.8, 4) is 0 Å². The first-order valence-corrected chi connectivity index (χ1v) is 4.32. The van der Waals surface area contributed by atoms with Crippen LogP contribution in [0, 0.1) is 0 Å². The summed E-state index contributed by atoms with van der Waals surface area (Å²) in [4.78, 5) is 10.5. The number of aliphatic carboxylic acids is 1. The van der Waals surface area contributed by atoms with Crippen molar-refractivity contribution in [3.05, 3.63) is 29.8 Å². The zero-order valence-electron chi connectivity index (χ0n) is 7.16. The van der Waals surface area contributed by atoms with Gasteiger partial charge in [0.2, 0.25) is 0 Å². The quantitative estimate of drug-likeness (QED) is 0.722. The zero-order chi connectivity index (χ0) is 9.26. The lowest BCUT2D eigenvalue weighted by Gasteiger charge is -2.05. The molecule has 0 aliphatic carbocycles. The van der Waals surface area contributed by atoms with E-state index < -0.39 is 5.97 Å². The van der Waals surface area contributed by atoms with E-state index in [4.69, 9.17) is 5.11 Å². The Labute approximate surface area is 76.4 Å². The molecular weight excluding hydrogens is 166 g/mol. The van der Waals surface area contributed by atoms with Crippen LogP contribution in [0.2, 0.25) is 0 Å². The number of rotatable bonds is 2. The number of para-hydroxylation sites is 1. The summed E-state index contributed by atoms with van der Waals surface area (Å²) >= 11 is 0. The van der Waals surface area contributed by atoms with Gasteiger partial charge in [-0.1, -0.05) is 18.2 Å². The second-order valence-corrected chi connectivity index (χ2v) is 3.26. The summed E-state index contributed by atoms with van der Waals surface area (Å²) in [7, 11) is 0. The highest BCUT2D eigenvalue weighted by Crippen LogP contribution is 2.32. The maximum Gasteiger partial charge on any atom is 0.304 e. The molecule has 2 N–H and O–H groups in total. The predicted molar refractivity (Wildman–Crippen MR) is 49.9 cm³/mol. The van der Waals surface area contributed by atoms with Gasteiger partial charge >= 0.3 is 5.97 Å². The fourth-order valence-corrected chi connectivity index (χ4v) is 1.75. The average molecular weight is 177 g/mol. The molecule has 0 bridgehead atoms. The maximum absolute atomic E-state index is 10.5. The molecular formula is C10H11NO2. The fraction of sp³-hybridized carbons (Fsp3) is 0.300. The number of fused-ring (bicyclic) bond motifs is 1. The summed E-state index contributed by atoms with van der Waals surface area (Å²) < 4.78 is 0. The third kappa shape index (κ3) is 1.49. The second kappa shape index (κ2) is 3.09. The van der Waals surface area contributed by atoms with Crippen molar-refractivity contribution in [2.24, 2.45) is 0 Å². The lowest BCUT2D eigenvalue weighted by Crippen LogP contribution is -2.07. The molecule has 0 unspecified atom stereocenters. The molecule has 0 radical (unpaired) electrons.